The second kappa shape index (κ2) is 7.08. The maximum Gasteiger partial charge on any atom is 0.310 e. The average molecular weight is 289 g/mol. The fourth-order valence-corrected chi connectivity index (χ4v) is 3.63. The summed E-state index contributed by atoms with van der Waals surface area (Å²) in [5.74, 6) is -0.0852. The van der Waals surface area contributed by atoms with Gasteiger partial charge in [-0.05, 0) is 37.8 Å². The molecule has 2 rings (SSSR count). The molecule has 1 fully saturated rings. The molecule has 0 bridgehead atoms. The highest BCUT2D eigenvalue weighted by atomic mass is 16.4. The van der Waals surface area contributed by atoms with Crippen LogP contribution in [-0.4, -0.2) is 36.1 Å². The van der Waals surface area contributed by atoms with Gasteiger partial charge in [0, 0.05) is 13.1 Å². The zero-order valence-corrected chi connectivity index (χ0v) is 13.2. The SMILES string of the molecule is CC1CCCC(CN(C)CCc2ccccc2)(C(=O)O)C1. The Morgan fingerprint density at radius 2 is 2.10 bits per heavy atom. The lowest BCUT2D eigenvalue weighted by Gasteiger charge is -2.39. The number of benzene rings is 1. The lowest BCUT2D eigenvalue weighted by atomic mass is 9.69. The molecule has 1 aromatic rings. The van der Waals surface area contributed by atoms with E-state index in [2.05, 4.69) is 36.1 Å². The highest BCUT2D eigenvalue weighted by molar-refractivity contribution is 5.75. The van der Waals surface area contributed by atoms with Gasteiger partial charge in [0.15, 0.2) is 0 Å². The average Bonchev–Trinajstić information content (AvgIpc) is 2.46. The van der Waals surface area contributed by atoms with Crippen LogP contribution in [0.2, 0.25) is 0 Å². The number of nitrogens with zero attached hydrogens (tertiary/aromatic N) is 1. The molecule has 0 saturated heterocycles. The van der Waals surface area contributed by atoms with Gasteiger partial charge in [-0.1, -0.05) is 50.1 Å². The minimum absolute atomic E-state index is 0.525. The van der Waals surface area contributed by atoms with E-state index in [1.54, 1.807) is 0 Å². The minimum atomic E-state index is -0.611. The Bertz CT molecular complexity index is 460. The highest BCUT2D eigenvalue weighted by Gasteiger charge is 2.42. The number of hydrogen-bond donors (Lipinski definition) is 1. The Kier molecular flexibility index (Phi) is 5.40. The Labute approximate surface area is 128 Å². The normalized spacial score (nSPS) is 26.0. The Balaban J connectivity index is 1.92. The number of carboxylic acid groups (broad SMARTS) is 1. The first-order chi connectivity index (χ1) is 10.0. The van der Waals surface area contributed by atoms with Crippen molar-refractivity contribution in [2.24, 2.45) is 11.3 Å². The van der Waals surface area contributed by atoms with Crippen LogP contribution >= 0.6 is 0 Å². The molecule has 0 spiro atoms. The lowest BCUT2D eigenvalue weighted by Crippen LogP contribution is -2.45. The van der Waals surface area contributed by atoms with Crippen molar-refractivity contribution in [2.45, 2.75) is 39.0 Å². The van der Waals surface area contributed by atoms with Crippen LogP contribution in [-0.2, 0) is 11.2 Å². The number of rotatable bonds is 6. The Hall–Kier alpha value is -1.35. The van der Waals surface area contributed by atoms with Gasteiger partial charge in [0.2, 0.25) is 0 Å². The zero-order valence-electron chi connectivity index (χ0n) is 13.2. The molecule has 116 valence electrons. The van der Waals surface area contributed by atoms with Crippen LogP contribution in [0.25, 0.3) is 0 Å². The van der Waals surface area contributed by atoms with Crippen LogP contribution in [0.4, 0.5) is 0 Å². The quantitative estimate of drug-likeness (QED) is 0.872. The van der Waals surface area contributed by atoms with E-state index in [0.29, 0.717) is 12.5 Å². The van der Waals surface area contributed by atoms with Gasteiger partial charge in [0.05, 0.1) is 5.41 Å². The van der Waals surface area contributed by atoms with Crippen LogP contribution in [0.1, 0.15) is 38.2 Å². The van der Waals surface area contributed by atoms with Gasteiger partial charge in [0.25, 0.3) is 0 Å². The summed E-state index contributed by atoms with van der Waals surface area (Å²) in [6, 6.07) is 10.4. The summed E-state index contributed by atoms with van der Waals surface area (Å²) in [5.41, 5.74) is 0.772. The molecule has 3 heteroatoms. The second-order valence-corrected chi connectivity index (χ2v) is 6.76. The second-order valence-electron chi connectivity index (χ2n) is 6.76. The number of hydrogen-bond acceptors (Lipinski definition) is 2. The van der Waals surface area contributed by atoms with Crippen molar-refractivity contribution in [2.75, 3.05) is 20.1 Å². The van der Waals surface area contributed by atoms with Crippen molar-refractivity contribution in [3.05, 3.63) is 35.9 Å². The van der Waals surface area contributed by atoms with E-state index in [9.17, 15) is 9.90 Å². The molecule has 0 heterocycles. The van der Waals surface area contributed by atoms with E-state index in [1.165, 1.54) is 12.0 Å². The van der Waals surface area contributed by atoms with E-state index >= 15 is 0 Å². The molecule has 2 unspecified atom stereocenters. The summed E-state index contributed by atoms with van der Waals surface area (Å²) in [7, 11) is 2.05. The first kappa shape index (κ1) is 16.0. The van der Waals surface area contributed by atoms with E-state index < -0.39 is 11.4 Å². The van der Waals surface area contributed by atoms with Crippen LogP contribution < -0.4 is 0 Å². The van der Waals surface area contributed by atoms with Crippen molar-refractivity contribution < 1.29 is 9.90 Å². The molecule has 1 aliphatic rings. The smallest absolute Gasteiger partial charge is 0.310 e. The molecular weight excluding hydrogens is 262 g/mol. The van der Waals surface area contributed by atoms with E-state index in [-0.39, 0.29) is 0 Å². The number of aliphatic carboxylic acids is 1. The van der Waals surface area contributed by atoms with Gasteiger partial charge in [-0.2, -0.15) is 0 Å². The van der Waals surface area contributed by atoms with E-state index in [1.807, 2.05) is 13.1 Å². The molecule has 1 aliphatic carbocycles. The van der Waals surface area contributed by atoms with Crippen LogP contribution in [0.5, 0.6) is 0 Å². The van der Waals surface area contributed by atoms with Gasteiger partial charge in [-0.15, -0.1) is 0 Å². The predicted octanol–water partition coefficient (Wildman–Crippen LogP) is 3.44. The van der Waals surface area contributed by atoms with Crippen LogP contribution in [0.3, 0.4) is 0 Å². The molecule has 2 atom stereocenters. The van der Waals surface area contributed by atoms with Crippen molar-refractivity contribution in [1.29, 1.82) is 0 Å². The summed E-state index contributed by atoms with van der Waals surface area (Å²) >= 11 is 0. The maximum atomic E-state index is 11.8. The Morgan fingerprint density at radius 3 is 2.71 bits per heavy atom. The third kappa shape index (κ3) is 4.31. The molecule has 1 saturated carbocycles. The maximum absolute atomic E-state index is 11.8. The zero-order chi connectivity index (χ0) is 15.3. The predicted molar refractivity (Wildman–Crippen MR) is 85.3 cm³/mol. The fourth-order valence-electron chi connectivity index (χ4n) is 3.63. The third-order valence-corrected chi connectivity index (χ3v) is 4.74. The lowest BCUT2D eigenvalue weighted by molar-refractivity contribution is -0.153. The topological polar surface area (TPSA) is 40.5 Å². The van der Waals surface area contributed by atoms with Crippen LogP contribution in [0, 0.1) is 11.3 Å². The van der Waals surface area contributed by atoms with Crippen molar-refractivity contribution in [3.8, 4) is 0 Å². The van der Waals surface area contributed by atoms with Crippen molar-refractivity contribution in [3.63, 3.8) is 0 Å². The summed E-state index contributed by atoms with van der Waals surface area (Å²) in [6.07, 6.45) is 4.83. The van der Waals surface area contributed by atoms with Gasteiger partial charge in [0.1, 0.15) is 0 Å². The standard InChI is InChI=1S/C18H27NO2/c1-15-7-6-11-18(13-15,17(20)21)14-19(2)12-10-16-8-4-3-5-9-16/h3-5,8-9,15H,6-7,10-14H2,1-2H3,(H,20,21). The molecule has 3 nitrogen and oxygen atoms in total. The molecule has 0 amide bonds. The molecule has 21 heavy (non-hydrogen) atoms. The van der Waals surface area contributed by atoms with Gasteiger partial charge in [-0.3, -0.25) is 4.79 Å². The van der Waals surface area contributed by atoms with Crippen molar-refractivity contribution >= 4 is 5.97 Å². The van der Waals surface area contributed by atoms with Gasteiger partial charge in [-0.25, -0.2) is 0 Å². The minimum Gasteiger partial charge on any atom is -0.481 e. The molecule has 0 aromatic heterocycles. The summed E-state index contributed by atoms with van der Waals surface area (Å²) in [6.45, 7) is 3.76. The van der Waals surface area contributed by atoms with E-state index in [4.69, 9.17) is 0 Å². The Morgan fingerprint density at radius 1 is 1.38 bits per heavy atom. The third-order valence-electron chi connectivity index (χ3n) is 4.74. The number of carbonyl (C=O) groups is 1. The number of carboxylic acids is 1. The summed E-state index contributed by atoms with van der Waals surface area (Å²) in [5, 5.41) is 9.71. The van der Waals surface area contributed by atoms with Crippen LogP contribution in [0.15, 0.2) is 30.3 Å². The monoisotopic (exact) mass is 289 g/mol. The molecular formula is C18H27NO2. The van der Waals surface area contributed by atoms with Gasteiger partial charge >= 0.3 is 5.97 Å². The first-order valence-electron chi connectivity index (χ1n) is 7.98. The molecule has 0 radical (unpaired) electrons. The molecule has 1 N–H and O–H groups in total. The molecule has 0 aliphatic heterocycles. The first-order valence-corrected chi connectivity index (χ1v) is 7.98. The summed E-state index contributed by atoms with van der Waals surface area (Å²) < 4.78 is 0. The summed E-state index contributed by atoms with van der Waals surface area (Å²) in [4.78, 5) is 14.0. The van der Waals surface area contributed by atoms with E-state index in [0.717, 1.165) is 32.2 Å². The van der Waals surface area contributed by atoms with Gasteiger partial charge < -0.3 is 10.0 Å². The fraction of sp³-hybridized carbons (Fsp3) is 0.611. The van der Waals surface area contributed by atoms with Crippen molar-refractivity contribution in [1.82, 2.24) is 4.90 Å². The molecule has 1 aromatic carbocycles. The largest absolute Gasteiger partial charge is 0.481 e. The number of likely N-dealkylation sites (N-methyl/N-ethyl adjacent to an activating group) is 1. The highest BCUT2D eigenvalue weighted by Crippen LogP contribution is 2.40.